The van der Waals surface area contributed by atoms with Gasteiger partial charge in [0.2, 0.25) is 5.91 Å². The van der Waals surface area contributed by atoms with Gasteiger partial charge in [0.05, 0.1) is 12.2 Å². The fourth-order valence-electron chi connectivity index (χ4n) is 1.44. The highest BCUT2D eigenvalue weighted by Crippen LogP contribution is 2.19. The van der Waals surface area contributed by atoms with Crippen molar-refractivity contribution in [1.82, 2.24) is 9.88 Å². The first-order valence-corrected chi connectivity index (χ1v) is 5.78. The van der Waals surface area contributed by atoms with E-state index in [0.717, 1.165) is 5.69 Å². The monoisotopic (exact) mass is 235 g/mol. The van der Waals surface area contributed by atoms with Gasteiger partial charge < -0.3 is 10.6 Å². The van der Waals surface area contributed by atoms with E-state index in [0.29, 0.717) is 19.5 Å². The van der Waals surface area contributed by atoms with E-state index in [1.165, 1.54) is 0 Å². The summed E-state index contributed by atoms with van der Waals surface area (Å²) in [5.74, 6) is 0.103. The van der Waals surface area contributed by atoms with Gasteiger partial charge in [-0.3, -0.25) is 9.78 Å². The molecule has 1 aromatic heterocycles. The van der Waals surface area contributed by atoms with Crippen molar-refractivity contribution in [3.63, 3.8) is 0 Å². The fourth-order valence-corrected chi connectivity index (χ4v) is 1.44. The molecule has 0 atom stereocenters. The second kappa shape index (κ2) is 5.77. The van der Waals surface area contributed by atoms with E-state index >= 15 is 0 Å². The molecule has 0 radical (unpaired) electrons. The maximum atomic E-state index is 12.0. The van der Waals surface area contributed by atoms with Crippen LogP contribution in [0.5, 0.6) is 0 Å². The highest BCUT2D eigenvalue weighted by Gasteiger charge is 2.22. The number of rotatable bonds is 5. The third kappa shape index (κ3) is 4.53. The number of carbonyl (C=O) groups excluding carboxylic acids is 1. The average Bonchev–Trinajstić information content (AvgIpc) is 2.30. The lowest BCUT2D eigenvalue weighted by Crippen LogP contribution is -2.34. The zero-order valence-corrected chi connectivity index (χ0v) is 10.8. The largest absolute Gasteiger partial charge is 0.340 e. The third-order valence-electron chi connectivity index (χ3n) is 2.73. The zero-order valence-electron chi connectivity index (χ0n) is 10.8. The van der Waals surface area contributed by atoms with E-state index in [9.17, 15) is 4.79 Å². The van der Waals surface area contributed by atoms with Gasteiger partial charge in [-0.25, -0.2) is 0 Å². The smallest absolute Gasteiger partial charge is 0.223 e. The van der Waals surface area contributed by atoms with Crippen LogP contribution in [0.15, 0.2) is 24.4 Å². The molecule has 0 aliphatic carbocycles. The zero-order chi connectivity index (χ0) is 12.9. The van der Waals surface area contributed by atoms with Gasteiger partial charge >= 0.3 is 0 Å². The maximum Gasteiger partial charge on any atom is 0.223 e. The Morgan fingerprint density at radius 1 is 1.47 bits per heavy atom. The lowest BCUT2D eigenvalue weighted by Gasteiger charge is -2.25. The molecule has 0 spiro atoms. The van der Waals surface area contributed by atoms with Crippen molar-refractivity contribution < 1.29 is 4.79 Å². The van der Waals surface area contributed by atoms with Gasteiger partial charge in [-0.05, 0) is 24.1 Å². The first-order chi connectivity index (χ1) is 7.94. The number of hydrogen-bond donors (Lipinski definition) is 1. The number of nitrogens with zero attached hydrogens (tertiary/aromatic N) is 2. The third-order valence-corrected chi connectivity index (χ3v) is 2.73. The van der Waals surface area contributed by atoms with Crippen LogP contribution in [-0.2, 0) is 11.3 Å². The first kappa shape index (κ1) is 13.6. The quantitative estimate of drug-likeness (QED) is 0.839. The van der Waals surface area contributed by atoms with E-state index < -0.39 is 0 Å². The Labute approximate surface area is 103 Å². The predicted octanol–water partition coefficient (Wildman–Crippen LogP) is 1.41. The molecule has 0 bridgehead atoms. The minimum atomic E-state index is -0.143. The molecular weight excluding hydrogens is 214 g/mol. The van der Waals surface area contributed by atoms with Crippen LogP contribution in [-0.4, -0.2) is 29.4 Å². The molecule has 1 amide bonds. The molecule has 4 nitrogen and oxygen atoms in total. The summed E-state index contributed by atoms with van der Waals surface area (Å²) in [6.07, 6.45) is 2.20. The number of hydrogen-bond acceptors (Lipinski definition) is 3. The molecule has 0 saturated carbocycles. The van der Waals surface area contributed by atoms with Gasteiger partial charge in [0, 0.05) is 19.7 Å². The molecule has 17 heavy (non-hydrogen) atoms. The molecule has 4 heteroatoms. The lowest BCUT2D eigenvalue weighted by atomic mass is 9.89. The van der Waals surface area contributed by atoms with Crippen LogP contribution >= 0.6 is 0 Å². The number of nitrogens with two attached hydrogens (primary N) is 1. The second-order valence-electron chi connectivity index (χ2n) is 5.12. The van der Waals surface area contributed by atoms with Crippen LogP contribution in [0.3, 0.4) is 0 Å². The molecule has 0 aromatic carbocycles. The molecule has 0 aliphatic heterocycles. The van der Waals surface area contributed by atoms with E-state index in [1.54, 1.807) is 18.1 Å². The summed E-state index contributed by atoms with van der Waals surface area (Å²) in [6.45, 7) is 5.05. The topological polar surface area (TPSA) is 59.2 Å². The van der Waals surface area contributed by atoms with Crippen molar-refractivity contribution in [3.8, 4) is 0 Å². The molecule has 0 unspecified atom stereocenters. The van der Waals surface area contributed by atoms with Crippen LogP contribution in [0.1, 0.15) is 26.0 Å². The average molecular weight is 235 g/mol. The Balaban J connectivity index is 2.54. The van der Waals surface area contributed by atoms with Crippen LogP contribution in [0.4, 0.5) is 0 Å². The predicted molar refractivity (Wildman–Crippen MR) is 68.2 cm³/mol. The summed E-state index contributed by atoms with van der Waals surface area (Å²) in [4.78, 5) is 17.9. The highest BCUT2D eigenvalue weighted by atomic mass is 16.2. The molecular formula is C13H21N3O. The van der Waals surface area contributed by atoms with Crippen LogP contribution in [0.2, 0.25) is 0 Å². The van der Waals surface area contributed by atoms with Crippen LogP contribution in [0, 0.1) is 5.41 Å². The Morgan fingerprint density at radius 2 is 2.18 bits per heavy atom. The number of aromatic nitrogens is 1. The number of pyridine rings is 1. The molecule has 1 heterocycles. The van der Waals surface area contributed by atoms with Gasteiger partial charge in [0.1, 0.15) is 0 Å². The van der Waals surface area contributed by atoms with E-state index in [-0.39, 0.29) is 11.3 Å². The standard InChI is InChI=1S/C13H21N3O/c1-13(2,10-14)8-12(17)16(3)9-11-6-4-5-7-15-11/h4-7H,8-10,14H2,1-3H3. The SMILES string of the molecule is CN(Cc1ccccn1)C(=O)CC(C)(C)CN. The fraction of sp³-hybridized carbons (Fsp3) is 0.538. The normalized spacial score (nSPS) is 11.3. The van der Waals surface area contributed by atoms with Gasteiger partial charge in [0.15, 0.2) is 0 Å². The number of carbonyl (C=O) groups is 1. The summed E-state index contributed by atoms with van der Waals surface area (Å²) in [5, 5.41) is 0. The highest BCUT2D eigenvalue weighted by molar-refractivity contribution is 5.76. The van der Waals surface area contributed by atoms with Crippen molar-refractivity contribution in [1.29, 1.82) is 0 Å². The Morgan fingerprint density at radius 3 is 2.71 bits per heavy atom. The molecule has 2 N–H and O–H groups in total. The molecule has 0 saturated heterocycles. The molecule has 0 aliphatic rings. The Hall–Kier alpha value is -1.42. The van der Waals surface area contributed by atoms with Crippen molar-refractivity contribution in [2.24, 2.45) is 11.1 Å². The first-order valence-electron chi connectivity index (χ1n) is 5.78. The minimum Gasteiger partial charge on any atom is -0.340 e. The summed E-state index contributed by atoms with van der Waals surface area (Å²) in [7, 11) is 1.80. The van der Waals surface area contributed by atoms with Gasteiger partial charge in [-0.1, -0.05) is 19.9 Å². The van der Waals surface area contributed by atoms with E-state index in [1.807, 2.05) is 32.0 Å². The van der Waals surface area contributed by atoms with Gasteiger partial charge in [-0.15, -0.1) is 0 Å². The molecule has 0 fully saturated rings. The minimum absolute atomic E-state index is 0.103. The van der Waals surface area contributed by atoms with Crippen molar-refractivity contribution in [2.75, 3.05) is 13.6 Å². The van der Waals surface area contributed by atoms with E-state index in [2.05, 4.69) is 4.98 Å². The van der Waals surface area contributed by atoms with Gasteiger partial charge in [0.25, 0.3) is 0 Å². The Kier molecular flexibility index (Phi) is 4.63. The lowest BCUT2D eigenvalue weighted by molar-refractivity contribution is -0.132. The van der Waals surface area contributed by atoms with Crippen molar-refractivity contribution in [2.45, 2.75) is 26.8 Å². The summed E-state index contributed by atoms with van der Waals surface area (Å²) >= 11 is 0. The summed E-state index contributed by atoms with van der Waals surface area (Å²) < 4.78 is 0. The maximum absolute atomic E-state index is 12.0. The summed E-state index contributed by atoms with van der Waals surface area (Å²) in [5.41, 5.74) is 6.38. The van der Waals surface area contributed by atoms with Crippen LogP contribution < -0.4 is 5.73 Å². The Bertz CT molecular complexity index is 362. The molecule has 1 aromatic rings. The summed E-state index contributed by atoms with van der Waals surface area (Å²) in [6, 6.07) is 5.70. The molecule has 94 valence electrons. The molecule has 1 rings (SSSR count). The van der Waals surface area contributed by atoms with Crippen molar-refractivity contribution in [3.05, 3.63) is 30.1 Å². The number of amides is 1. The second-order valence-corrected chi connectivity index (χ2v) is 5.12. The van der Waals surface area contributed by atoms with E-state index in [4.69, 9.17) is 5.73 Å². The van der Waals surface area contributed by atoms with Crippen LogP contribution in [0.25, 0.3) is 0 Å². The van der Waals surface area contributed by atoms with Gasteiger partial charge in [-0.2, -0.15) is 0 Å². The van der Waals surface area contributed by atoms with Crippen molar-refractivity contribution >= 4 is 5.91 Å².